The number of aromatic nitrogens is 1. The van der Waals surface area contributed by atoms with Gasteiger partial charge in [0, 0.05) is 50.6 Å². The summed E-state index contributed by atoms with van der Waals surface area (Å²) in [5.41, 5.74) is 24.3. The Morgan fingerprint density at radius 3 is 0.990 bits per heavy atom. The molecule has 0 aliphatic heterocycles. The first kappa shape index (κ1) is 56.9. The Bertz CT molecular complexity index is 5860. The normalized spacial score (nSPS) is 11.5. The highest BCUT2D eigenvalue weighted by molar-refractivity contribution is 6.13. The maximum absolute atomic E-state index is 2.43. The fourth-order valence-corrected chi connectivity index (χ4v) is 14.6. The molecule has 0 fully saturated rings. The fourth-order valence-electron chi connectivity index (χ4n) is 14.6. The Labute approximate surface area is 564 Å². The van der Waals surface area contributed by atoms with E-state index in [4.69, 9.17) is 0 Å². The molecule has 0 spiro atoms. The topological polar surface area (TPSA) is 11.4 Å². The molecule has 0 saturated heterocycles. The number of para-hydroxylation sites is 1. The molecule has 1 aromatic heterocycles. The minimum atomic E-state index is 1.09. The number of hydrogen-bond acceptors (Lipinski definition) is 2. The van der Waals surface area contributed by atoms with Crippen molar-refractivity contribution in [2.24, 2.45) is 0 Å². The van der Waals surface area contributed by atoms with Crippen LogP contribution in [0.3, 0.4) is 0 Å². The van der Waals surface area contributed by atoms with Gasteiger partial charge in [-0.1, -0.05) is 267 Å². The van der Waals surface area contributed by atoms with Gasteiger partial charge in [-0.05, 0) is 225 Å². The number of fused-ring (bicyclic) bond motifs is 9. The van der Waals surface area contributed by atoms with Crippen molar-refractivity contribution in [2.75, 3.05) is 9.80 Å². The van der Waals surface area contributed by atoms with Gasteiger partial charge < -0.3 is 14.4 Å². The first-order valence-electron chi connectivity index (χ1n) is 33.4. The third-order valence-corrected chi connectivity index (χ3v) is 19.5. The highest BCUT2D eigenvalue weighted by Gasteiger charge is 2.20. The first-order valence-corrected chi connectivity index (χ1v) is 33.4. The van der Waals surface area contributed by atoms with Gasteiger partial charge in [-0.2, -0.15) is 0 Å². The van der Waals surface area contributed by atoms with Crippen molar-refractivity contribution in [2.45, 2.75) is 0 Å². The second kappa shape index (κ2) is 24.3. The molecule has 0 aliphatic carbocycles. The summed E-state index contributed by atoms with van der Waals surface area (Å²) in [6.45, 7) is 0. The highest BCUT2D eigenvalue weighted by Crippen LogP contribution is 2.44. The van der Waals surface area contributed by atoms with Crippen molar-refractivity contribution in [3.8, 4) is 72.4 Å². The van der Waals surface area contributed by atoms with Gasteiger partial charge in [0.25, 0.3) is 0 Å². The number of nitrogens with zero attached hydrogens (tertiary/aromatic N) is 3. The largest absolute Gasteiger partial charge is 0.311 e. The Morgan fingerprint density at radius 2 is 0.474 bits per heavy atom. The average molecular weight is 1230 g/mol. The molecule has 18 rings (SSSR count). The van der Waals surface area contributed by atoms with Crippen LogP contribution in [0.4, 0.5) is 34.1 Å². The van der Waals surface area contributed by atoms with E-state index in [0.29, 0.717) is 0 Å². The molecule has 0 bridgehead atoms. The molecule has 3 nitrogen and oxygen atoms in total. The van der Waals surface area contributed by atoms with Gasteiger partial charge in [0.15, 0.2) is 0 Å². The van der Waals surface area contributed by atoms with Crippen molar-refractivity contribution in [3.63, 3.8) is 0 Å². The molecular formula is C94H63N3. The fraction of sp³-hybridized carbons (Fsp3) is 0. The molecule has 0 N–H and O–H groups in total. The van der Waals surface area contributed by atoms with Crippen LogP contribution >= 0.6 is 0 Å². The van der Waals surface area contributed by atoms with Gasteiger partial charge in [-0.3, -0.25) is 0 Å². The van der Waals surface area contributed by atoms with Crippen molar-refractivity contribution in [3.05, 3.63) is 382 Å². The zero-order valence-electron chi connectivity index (χ0n) is 53.2. The molecular weight excluding hydrogens is 1170 g/mol. The monoisotopic (exact) mass is 1230 g/mol. The van der Waals surface area contributed by atoms with E-state index >= 15 is 0 Å². The summed E-state index contributed by atoms with van der Waals surface area (Å²) in [6.07, 6.45) is 0. The van der Waals surface area contributed by atoms with E-state index in [1.807, 2.05) is 0 Å². The molecule has 0 radical (unpaired) electrons. The Balaban J connectivity index is 0.661. The van der Waals surface area contributed by atoms with Gasteiger partial charge in [0.05, 0.1) is 11.0 Å². The van der Waals surface area contributed by atoms with Crippen molar-refractivity contribution in [1.29, 1.82) is 0 Å². The van der Waals surface area contributed by atoms with Gasteiger partial charge >= 0.3 is 0 Å². The first-order chi connectivity index (χ1) is 48.0. The van der Waals surface area contributed by atoms with Crippen LogP contribution in [0.5, 0.6) is 0 Å². The van der Waals surface area contributed by atoms with Crippen LogP contribution in [-0.4, -0.2) is 4.57 Å². The van der Waals surface area contributed by atoms with E-state index in [1.54, 1.807) is 0 Å². The molecule has 0 aliphatic rings. The van der Waals surface area contributed by atoms with Gasteiger partial charge in [-0.25, -0.2) is 0 Å². The number of rotatable bonds is 13. The van der Waals surface area contributed by atoms with Gasteiger partial charge in [0.2, 0.25) is 0 Å². The Kier molecular flexibility index (Phi) is 14.2. The van der Waals surface area contributed by atoms with E-state index < -0.39 is 0 Å². The summed E-state index contributed by atoms with van der Waals surface area (Å²) >= 11 is 0. The molecule has 0 amide bonds. The lowest BCUT2D eigenvalue weighted by Crippen LogP contribution is -2.10. The molecule has 0 unspecified atom stereocenters. The van der Waals surface area contributed by atoms with E-state index in [9.17, 15) is 0 Å². The summed E-state index contributed by atoms with van der Waals surface area (Å²) in [6, 6.07) is 140. The summed E-state index contributed by atoms with van der Waals surface area (Å²) in [4.78, 5) is 4.75. The van der Waals surface area contributed by atoms with Crippen molar-refractivity contribution < 1.29 is 0 Å². The standard InChI is InChI=1S/C94H63N3/c1-5-16-64(17-6-1)67-32-43-81(44-33-67)95(82-45-34-68(35-46-82)65-18-7-2-8-19-65)83-49-38-70(39-50-83)72-23-15-24-73(58-72)75-42-57-93-92(62-75)91-54-41-76(63-94(91)97(93)80-25-11-4-12-26-80)74-40-53-88-77(59-74)30-31-79-61-86(52-56-90(79)88)96(84-47-36-69(37-48-84)66-20-9-3-10-21-66)85-51-55-89-78(60-85)29-28-71-22-13-14-27-87(71)89/h1-63H. The number of anilines is 6. The van der Waals surface area contributed by atoms with E-state index in [2.05, 4.69) is 397 Å². The SMILES string of the molecule is c1ccc(-c2ccc(N(c3ccc(-c4ccccc4)cc3)c3ccc(-c4cccc(-c5ccc6c(c5)c5ccc(-c7ccc8c(ccc9cc(N(c%10ccc(-c%11ccccc%11)cc%10)c%10ccc%11c(ccc%12ccccc%12%11)c%10)ccc98)c7)cc5n6-c5ccccc5)c4)cc3)cc2)cc1. The average Bonchev–Trinajstić information content (AvgIpc) is 1.62. The van der Waals surface area contributed by atoms with Gasteiger partial charge in [-0.15, -0.1) is 0 Å². The molecule has 0 atom stereocenters. The Hall–Kier alpha value is -12.8. The highest BCUT2D eigenvalue weighted by atomic mass is 15.1. The molecule has 454 valence electrons. The summed E-state index contributed by atoms with van der Waals surface area (Å²) in [5.74, 6) is 0. The maximum Gasteiger partial charge on any atom is 0.0547 e. The third-order valence-electron chi connectivity index (χ3n) is 19.5. The lowest BCUT2D eigenvalue weighted by Gasteiger charge is -2.26. The van der Waals surface area contributed by atoms with Crippen molar-refractivity contribution in [1.82, 2.24) is 4.57 Å². The molecule has 3 heteroatoms. The van der Waals surface area contributed by atoms with Crippen LogP contribution < -0.4 is 9.80 Å². The van der Waals surface area contributed by atoms with E-state index in [1.165, 1.54) is 126 Å². The second-order valence-electron chi connectivity index (χ2n) is 25.3. The maximum atomic E-state index is 2.43. The lowest BCUT2D eigenvalue weighted by atomic mass is 9.96. The van der Waals surface area contributed by atoms with Crippen LogP contribution in [0, 0.1) is 0 Å². The van der Waals surface area contributed by atoms with Crippen LogP contribution in [0.1, 0.15) is 0 Å². The zero-order chi connectivity index (χ0) is 64.2. The molecule has 1 heterocycles. The molecule has 97 heavy (non-hydrogen) atoms. The molecule has 17 aromatic carbocycles. The third kappa shape index (κ3) is 10.6. The lowest BCUT2D eigenvalue weighted by molar-refractivity contribution is 1.18. The summed E-state index contributed by atoms with van der Waals surface area (Å²) in [5, 5.41) is 12.3. The predicted octanol–water partition coefficient (Wildman–Crippen LogP) is 26.3. The minimum Gasteiger partial charge on any atom is -0.311 e. The van der Waals surface area contributed by atoms with E-state index in [-0.39, 0.29) is 0 Å². The quantitative estimate of drug-likeness (QED) is 0.107. The van der Waals surface area contributed by atoms with Crippen molar-refractivity contribution >= 4 is 99.0 Å². The van der Waals surface area contributed by atoms with E-state index in [0.717, 1.165) is 45.4 Å². The number of benzene rings is 17. The van der Waals surface area contributed by atoms with Crippen LogP contribution in [0.2, 0.25) is 0 Å². The molecule has 18 aromatic rings. The van der Waals surface area contributed by atoms with Gasteiger partial charge in [0.1, 0.15) is 0 Å². The number of hydrogen-bond donors (Lipinski definition) is 0. The smallest absolute Gasteiger partial charge is 0.0547 e. The predicted molar refractivity (Wildman–Crippen MR) is 413 cm³/mol. The van der Waals surface area contributed by atoms with Crippen LogP contribution in [0.15, 0.2) is 382 Å². The Morgan fingerprint density at radius 1 is 0.155 bits per heavy atom. The summed E-state index contributed by atoms with van der Waals surface area (Å²) in [7, 11) is 0. The summed E-state index contributed by atoms with van der Waals surface area (Å²) < 4.78 is 2.43. The molecule has 0 saturated carbocycles. The van der Waals surface area contributed by atoms with Crippen LogP contribution in [0.25, 0.3) is 137 Å². The minimum absolute atomic E-state index is 1.09. The zero-order valence-corrected chi connectivity index (χ0v) is 53.2. The van der Waals surface area contributed by atoms with Crippen LogP contribution in [-0.2, 0) is 0 Å². The second-order valence-corrected chi connectivity index (χ2v) is 25.3.